The third-order valence-corrected chi connectivity index (χ3v) is 3.77. The molecule has 1 aromatic heterocycles. The van der Waals surface area contributed by atoms with E-state index in [-0.39, 0.29) is 12.1 Å². The Bertz CT molecular complexity index is 586. The third kappa shape index (κ3) is 4.40. The van der Waals surface area contributed by atoms with Crippen molar-refractivity contribution in [3.05, 3.63) is 35.3 Å². The second-order valence-corrected chi connectivity index (χ2v) is 5.66. The normalized spacial score (nSPS) is 12.0. The van der Waals surface area contributed by atoms with Gasteiger partial charge in [-0.15, -0.1) is 10.2 Å². The Morgan fingerprint density at radius 1 is 1.36 bits per heavy atom. The molecule has 0 fully saturated rings. The molecule has 0 saturated heterocycles. The second kappa shape index (κ2) is 7.71. The molecule has 7 nitrogen and oxygen atoms in total. The largest absolute Gasteiger partial charge is 0.497 e. The Kier molecular flexibility index (Phi) is 5.68. The molecule has 2 amide bonds. The topological polar surface area (TPSA) is 79.4 Å². The van der Waals surface area contributed by atoms with Crippen molar-refractivity contribution < 1.29 is 9.53 Å². The highest BCUT2D eigenvalue weighted by molar-refractivity contribution is 7.13. The van der Waals surface area contributed by atoms with E-state index in [0.717, 1.165) is 11.3 Å². The molecule has 8 heteroatoms. The van der Waals surface area contributed by atoms with Crippen molar-refractivity contribution in [2.45, 2.75) is 6.04 Å². The monoisotopic (exact) mass is 321 g/mol. The molecule has 0 bridgehead atoms. The Morgan fingerprint density at radius 3 is 2.64 bits per heavy atom. The highest BCUT2D eigenvalue weighted by atomic mass is 32.1. The zero-order valence-corrected chi connectivity index (χ0v) is 13.6. The molecule has 1 heterocycles. The van der Waals surface area contributed by atoms with Crippen LogP contribution in [0, 0.1) is 0 Å². The zero-order chi connectivity index (χ0) is 15.9. The fourth-order valence-corrected chi connectivity index (χ4v) is 2.42. The number of hydrogen-bond donors (Lipinski definition) is 2. The van der Waals surface area contributed by atoms with Crippen LogP contribution in [-0.4, -0.2) is 48.9 Å². The van der Waals surface area contributed by atoms with Crippen molar-refractivity contribution in [3.63, 3.8) is 0 Å². The van der Waals surface area contributed by atoms with Crippen molar-refractivity contribution in [2.24, 2.45) is 0 Å². The molecule has 1 atom stereocenters. The molecule has 0 aliphatic rings. The van der Waals surface area contributed by atoms with Crippen LogP contribution in [0.3, 0.4) is 0 Å². The van der Waals surface area contributed by atoms with Crippen LogP contribution in [0.4, 0.5) is 9.93 Å². The average molecular weight is 321 g/mol. The number of hydrogen-bond acceptors (Lipinski definition) is 6. The van der Waals surface area contributed by atoms with Gasteiger partial charge in [0.05, 0.1) is 13.2 Å². The van der Waals surface area contributed by atoms with E-state index >= 15 is 0 Å². The van der Waals surface area contributed by atoms with Crippen LogP contribution in [0.1, 0.15) is 11.6 Å². The van der Waals surface area contributed by atoms with E-state index in [1.165, 1.54) is 11.3 Å². The molecule has 2 N–H and O–H groups in total. The SMILES string of the molecule is COc1ccc([C@H](CNC(=O)Nc2nncs2)N(C)C)cc1. The van der Waals surface area contributed by atoms with Gasteiger partial charge in [0.2, 0.25) is 5.13 Å². The summed E-state index contributed by atoms with van der Waals surface area (Å²) in [7, 11) is 5.58. The van der Waals surface area contributed by atoms with Gasteiger partial charge in [0, 0.05) is 6.54 Å². The van der Waals surface area contributed by atoms with Crippen LogP contribution in [0.2, 0.25) is 0 Å². The number of nitrogens with zero attached hydrogens (tertiary/aromatic N) is 3. The number of ether oxygens (including phenoxy) is 1. The summed E-state index contributed by atoms with van der Waals surface area (Å²) in [5.74, 6) is 0.809. The molecular formula is C14H19N5O2S. The number of nitrogens with one attached hydrogen (secondary N) is 2. The van der Waals surface area contributed by atoms with E-state index in [2.05, 4.69) is 20.8 Å². The molecular weight excluding hydrogens is 302 g/mol. The van der Waals surface area contributed by atoms with Crippen molar-refractivity contribution in [1.82, 2.24) is 20.4 Å². The summed E-state index contributed by atoms with van der Waals surface area (Å²) < 4.78 is 5.16. The Morgan fingerprint density at radius 2 is 2.09 bits per heavy atom. The van der Waals surface area contributed by atoms with Gasteiger partial charge in [-0.1, -0.05) is 23.5 Å². The van der Waals surface area contributed by atoms with Crippen LogP contribution in [0.25, 0.3) is 0 Å². The molecule has 0 saturated carbocycles. The van der Waals surface area contributed by atoms with Crippen molar-refractivity contribution in [3.8, 4) is 5.75 Å². The number of carbonyl (C=O) groups is 1. The summed E-state index contributed by atoms with van der Waals surface area (Å²) in [6.07, 6.45) is 0. The number of rotatable bonds is 6. The van der Waals surface area contributed by atoms with Gasteiger partial charge in [0.15, 0.2) is 0 Å². The summed E-state index contributed by atoms with van der Waals surface area (Å²) in [6, 6.07) is 7.57. The number of benzene rings is 1. The first-order valence-electron chi connectivity index (χ1n) is 6.71. The average Bonchev–Trinajstić information content (AvgIpc) is 3.00. The molecule has 0 radical (unpaired) electrons. The van der Waals surface area contributed by atoms with Crippen LogP contribution >= 0.6 is 11.3 Å². The Hall–Kier alpha value is -2.19. The summed E-state index contributed by atoms with van der Waals surface area (Å²) in [5.41, 5.74) is 2.66. The van der Waals surface area contributed by atoms with Gasteiger partial charge >= 0.3 is 6.03 Å². The lowest BCUT2D eigenvalue weighted by Gasteiger charge is -2.25. The number of amides is 2. The minimum atomic E-state index is -0.294. The highest BCUT2D eigenvalue weighted by Gasteiger charge is 2.15. The first-order chi connectivity index (χ1) is 10.6. The van der Waals surface area contributed by atoms with Crippen LogP contribution in [0.5, 0.6) is 5.75 Å². The summed E-state index contributed by atoms with van der Waals surface area (Å²) in [5, 5.41) is 13.4. The van der Waals surface area contributed by atoms with E-state index in [9.17, 15) is 4.79 Å². The maximum absolute atomic E-state index is 11.8. The van der Waals surface area contributed by atoms with Gasteiger partial charge in [0.25, 0.3) is 0 Å². The first kappa shape index (κ1) is 16.2. The number of likely N-dealkylation sites (N-methyl/N-ethyl adjacent to an activating group) is 1. The van der Waals surface area contributed by atoms with E-state index < -0.39 is 0 Å². The highest BCUT2D eigenvalue weighted by Crippen LogP contribution is 2.20. The fourth-order valence-electron chi connectivity index (χ4n) is 1.98. The van der Waals surface area contributed by atoms with Gasteiger partial charge in [-0.05, 0) is 31.8 Å². The first-order valence-corrected chi connectivity index (χ1v) is 7.59. The maximum atomic E-state index is 11.8. The van der Waals surface area contributed by atoms with E-state index in [1.807, 2.05) is 43.3 Å². The minimum absolute atomic E-state index is 0.0612. The van der Waals surface area contributed by atoms with E-state index in [1.54, 1.807) is 12.6 Å². The standard InChI is InChI=1S/C14H19N5O2S/c1-19(2)12(10-4-6-11(21-3)7-5-10)8-15-13(20)17-14-18-16-9-22-14/h4-7,9,12H,8H2,1-3H3,(H2,15,17,18,20)/t12-/m0/s1. The quantitative estimate of drug-likeness (QED) is 0.850. The number of urea groups is 1. The Balaban J connectivity index is 1.95. The van der Waals surface area contributed by atoms with Crippen molar-refractivity contribution in [2.75, 3.05) is 33.1 Å². The molecule has 118 valence electrons. The predicted molar refractivity (Wildman–Crippen MR) is 86.4 cm³/mol. The maximum Gasteiger partial charge on any atom is 0.321 e. The molecule has 0 aliphatic carbocycles. The molecule has 0 unspecified atom stereocenters. The number of methoxy groups -OCH3 is 1. The summed E-state index contributed by atoms with van der Waals surface area (Å²) >= 11 is 1.27. The van der Waals surface area contributed by atoms with Crippen LogP contribution < -0.4 is 15.4 Å². The fraction of sp³-hybridized carbons (Fsp3) is 0.357. The number of carbonyl (C=O) groups excluding carboxylic acids is 1. The van der Waals surface area contributed by atoms with Gasteiger partial charge in [0.1, 0.15) is 11.3 Å². The van der Waals surface area contributed by atoms with E-state index in [4.69, 9.17) is 4.74 Å². The number of anilines is 1. The van der Waals surface area contributed by atoms with Gasteiger partial charge in [-0.2, -0.15) is 0 Å². The lowest BCUT2D eigenvalue weighted by Crippen LogP contribution is -2.36. The lowest BCUT2D eigenvalue weighted by atomic mass is 10.1. The number of aromatic nitrogens is 2. The molecule has 0 aliphatic heterocycles. The molecule has 22 heavy (non-hydrogen) atoms. The van der Waals surface area contributed by atoms with Gasteiger partial charge in [-0.3, -0.25) is 5.32 Å². The smallest absolute Gasteiger partial charge is 0.321 e. The van der Waals surface area contributed by atoms with Gasteiger partial charge in [-0.25, -0.2) is 4.79 Å². The molecule has 1 aromatic carbocycles. The van der Waals surface area contributed by atoms with Crippen molar-refractivity contribution >= 4 is 22.5 Å². The lowest BCUT2D eigenvalue weighted by molar-refractivity contribution is 0.243. The van der Waals surface area contributed by atoms with Crippen LogP contribution in [0.15, 0.2) is 29.8 Å². The molecule has 0 spiro atoms. The third-order valence-electron chi connectivity index (χ3n) is 3.16. The summed E-state index contributed by atoms with van der Waals surface area (Å²) in [4.78, 5) is 13.9. The minimum Gasteiger partial charge on any atom is -0.497 e. The predicted octanol–water partition coefficient (Wildman–Crippen LogP) is 1.97. The molecule has 2 rings (SSSR count). The summed E-state index contributed by atoms with van der Waals surface area (Å²) in [6.45, 7) is 0.476. The van der Waals surface area contributed by atoms with Gasteiger partial charge < -0.3 is 15.0 Å². The molecule has 2 aromatic rings. The Labute approximate surface area is 133 Å². The van der Waals surface area contributed by atoms with E-state index in [0.29, 0.717) is 11.7 Å². The zero-order valence-electron chi connectivity index (χ0n) is 12.7. The van der Waals surface area contributed by atoms with Crippen LogP contribution in [-0.2, 0) is 0 Å². The second-order valence-electron chi connectivity index (χ2n) is 4.83. The van der Waals surface area contributed by atoms with Crippen molar-refractivity contribution in [1.29, 1.82) is 0 Å².